The molecule has 3 N–H and O–H groups in total. The third-order valence-electron chi connectivity index (χ3n) is 11.6. The molecule has 4 aliphatic heterocycles. The minimum absolute atomic E-state index is 0.00409. The van der Waals surface area contributed by atoms with Crippen LogP contribution in [0.15, 0.2) is 0 Å². The molecule has 6 rings (SSSR count). The normalized spacial score (nSPS) is 28.0. The Kier molecular flexibility index (Phi) is 12.8. The third kappa shape index (κ3) is 9.27. The van der Waals surface area contributed by atoms with Gasteiger partial charge in [0, 0.05) is 83.6 Å². The van der Waals surface area contributed by atoms with E-state index in [1.165, 1.54) is 51.4 Å². The van der Waals surface area contributed by atoms with E-state index in [1.54, 1.807) is 16.8 Å². The number of amides is 5. The van der Waals surface area contributed by atoms with Gasteiger partial charge in [-0.3, -0.25) is 24.0 Å². The molecule has 11 heteroatoms. The van der Waals surface area contributed by atoms with Crippen LogP contribution < -0.4 is 5.73 Å². The van der Waals surface area contributed by atoms with Crippen molar-refractivity contribution in [2.45, 2.75) is 104 Å². The number of aliphatic hydroxyl groups excluding tert-OH is 1. The first-order valence-corrected chi connectivity index (χ1v) is 18.3. The fourth-order valence-corrected chi connectivity index (χ4v) is 8.18. The molecule has 47 heavy (non-hydrogen) atoms. The first-order chi connectivity index (χ1) is 22.3. The van der Waals surface area contributed by atoms with Gasteiger partial charge in [0.15, 0.2) is 0 Å². The van der Waals surface area contributed by atoms with Crippen molar-refractivity contribution < 1.29 is 29.1 Å². The molecular weight excluding hydrogens is 598 g/mol. The highest BCUT2D eigenvalue weighted by molar-refractivity contribution is 5.87. The van der Waals surface area contributed by atoms with E-state index in [9.17, 15) is 24.0 Å². The van der Waals surface area contributed by atoms with Gasteiger partial charge in [-0.25, -0.2) is 0 Å². The number of likely N-dealkylation sites (tertiary alicyclic amines) is 4. The van der Waals surface area contributed by atoms with Gasteiger partial charge in [0.1, 0.15) is 0 Å². The van der Waals surface area contributed by atoms with Crippen LogP contribution in [0.3, 0.4) is 0 Å². The van der Waals surface area contributed by atoms with E-state index in [4.69, 9.17) is 10.8 Å². The number of carbonyl (C=O) groups is 5. The fraction of sp³-hybridized carbons (Fsp3) is 0.861. The Morgan fingerprint density at radius 3 is 1.94 bits per heavy atom. The first kappa shape index (κ1) is 37.1. The highest BCUT2D eigenvalue weighted by Gasteiger charge is 2.61. The van der Waals surface area contributed by atoms with Gasteiger partial charge in [-0.2, -0.15) is 0 Å². The second-order valence-electron chi connectivity index (χ2n) is 15.9. The minimum atomic E-state index is -0.421. The molecule has 0 aromatic carbocycles. The van der Waals surface area contributed by atoms with Gasteiger partial charge in [-0.1, -0.05) is 40.0 Å². The Balaban J connectivity index is 0.000000214. The van der Waals surface area contributed by atoms with Crippen LogP contribution in [0, 0.1) is 34.5 Å². The van der Waals surface area contributed by atoms with Crippen molar-refractivity contribution in [3.63, 3.8) is 0 Å². The highest BCUT2D eigenvalue weighted by atomic mass is 16.3. The van der Waals surface area contributed by atoms with Crippen molar-refractivity contribution in [3.05, 3.63) is 0 Å². The van der Waals surface area contributed by atoms with Crippen molar-refractivity contribution in [3.8, 4) is 0 Å². The van der Waals surface area contributed by atoms with Crippen LogP contribution in [0.25, 0.3) is 0 Å². The summed E-state index contributed by atoms with van der Waals surface area (Å²) in [4.78, 5) is 68.0. The summed E-state index contributed by atoms with van der Waals surface area (Å²) < 4.78 is 0. The van der Waals surface area contributed by atoms with Gasteiger partial charge in [0.2, 0.25) is 29.5 Å². The van der Waals surface area contributed by atoms with Crippen LogP contribution in [0.4, 0.5) is 0 Å². The van der Waals surface area contributed by atoms with Crippen LogP contribution in [0.2, 0.25) is 0 Å². The number of primary amides is 1. The quantitative estimate of drug-likeness (QED) is 0.449. The number of aliphatic hydroxyl groups is 1. The lowest BCUT2D eigenvalue weighted by Gasteiger charge is -2.50. The second kappa shape index (κ2) is 16.1. The SMILES string of the molecule is CCCC(=O)N1CCCCC1.CN1CC(C(=O)N2CC(C(N)=O)C3(C2)CN(C(=O)C2CC2(C)C)C3)CCC1=O.OCC1CCCCC1. The largest absolute Gasteiger partial charge is 0.396 e. The van der Waals surface area contributed by atoms with Crippen LogP contribution >= 0.6 is 0 Å². The molecular formula is C36H61N5O6. The Labute approximate surface area is 281 Å². The fourth-order valence-electron chi connectivity index (χ4n) is 8.18. The Bertz CT molecular complexity index is 1120. The molecule has 4 heterocycles. The summed E-state index contributed by atoms with van der Waals surface area (Å²) >= 11 is 0. The Morgan fingerprint density at radius 2 is 1.43 bits per heavy atom. The maximum atomic E-state index is 13.0. The van der Waals surface area contributed by atoms with Crippen molar-refractivity contribution in [2.75, 3.05) is 59.5 Å². The molecule has 6 fully saturated rings. The molecule has 0 bridgehead atoms. The molecule has 2 saturated carbocycles. The van der Waals surface area contributed by atoms with E-state index in [1.807, 2.05) is 9.80 Å². The summed E-state index contributed by atoms with van der Waals surface area (Å²) in [7, 11) is 1.72. The van der Waals surface area contributed by atoms with E-state index in [-0.39, 0.29) is 35.0 Å². The molecule has 0 radical (unpaired) electrons. The minimum Gasteiger partial charge on any atom is -0.396 e. The lowest BCUT2D eigenvalue weighted by Crippen LogP contribution is -2.64. The van der Waals surface area contributed by atoms with E-state index in [0.717, 1.165) is 32.4 Å². The molecule has 0 aromatic heterocycles. The van der Waals surface area contributed by atoms with Crippen LogP contribution in [0.5, 0.6) is 0 Å². The van der Waals surface area contributed by atoms with Crippen molar-refractivity contribution in [1.29, 1.82) is 0 Å². The molecule has 0 aromatic rings. The average molecular weight is 660 g/mol. The number of nitrogens with zero attached hydrogens (tertiary/aromatic N) is 4. The number of rotatable bonds is 6. The number of hydrogen-bond acceptors (Lipinski definition) is 6. The standard InChI is InChI=1S/C20H30N4O4.C9H17NO.C7H14O/c1-19(2)6-13(19)18(28)24-10-20(11-24)9-23(8-14(20)16(21)26)17(27)12-4-5-15(25)22(3)7-12;1-2-6-9(11)10-7-4-3-5-8-10;8-6-7-4-2-1-3-5-7/h12-14H,4-11H2,1-3H3,(H2,21,26);2-8H2,1H3;7-8H,1-6H2. The topological polar surface area (TPSA) is 145 Å². The van der Waals surface area contributed by atoms with E-state index in [2.05, 4.69) is 20.8 Å². The van der Waals surface area contributed by atoms with Crippen molar-refractivity contribution in [1.82, 2.24) is 19.6 Å². The van der Waals surface area contributed by atoms with Gasteiger partial charge in [0.25, 0.3) is 0 Å². The van der Waals surface area contributed by atoms with E-state index >= 15 is 0 Å². The number of hydrogen-bond donors (Lipinski definition) is 2. The lowest BCUT2D eigenvalue weighted by molar-refractivity contribution is -0.151. The lowest BCUT2D eigenvalue weighted by atomic mass is 9.71. The van der Waals surface area contributed by atoms with Gasteiger partial charge in [-0.05, 0) is 62.7 Å². The van der Waals surface area contributed by atoms with Gasteiger partial charge < -0.3 is 30.4 Å². The summed E-state index contributed by atoms with van der Waals surface area (Å²) in [5.41, 5.74) is 5.33. The molecule has 1 spiro atoms. The van der Waals surface area contributed by atoms with E-state index in [0.29, 0.717) is 64.0 Å². The van der Waals surface area contributed by atoms with Gasteiger partial charge in [0.05, 0.1) is 11.8 Å². The zero-order valence-electron chi connectivity index (χ0n) is 29.5. The van der Waals surface area contributed by atoms with Crippen LogP contribution in [-0.4, -0.2) is 114 Å². The monoisotopic (exact) mass is 659 g/mol. The Hall–Kier alpha value is -2.69. The predicted molar refractivity (Wildman–Crippen MR) is 180 cm³/mol. The summed E-state index contributed by atoms with van der Waals surface area (Å²) in [5, 5.41) is 8.69. The molecule has 11 nitrogen and oxygen atoms in total. The predicted octanol–water partition coefficient (Wildman–Crippen LogP) is 3.03. The maximum Gasteiger partial charge on any atom is 0.227 e. The Morgan fingerprint density at radius 1 is 0.830 bits per heavy atom. The smallest absolute Gasteiger partial charge is 0.227 e. The van der Waals surface area contributed by atoms with Gasteiger partial charge >= 0.3 is 0 Å². The number of piperidine rings is 2. The molecule has 5 amide bonds. The molecule has 3 unspecified atom stereocenters. The zero-order chi connectivity index (χ0) is 34.4. The number of carbonyl (C=O) groups excluding carboxylic acids is 5. The van der Waals surface area contributed by atoms with Crippen molar-refractivity contribution >= 4 is 29.5 Å². The molecule has 6 aliphatic rings. The summed E-state index contributed by atoms with van der Waals surface area (Å²) in [6, 6.07) is 0. The molecule has 4 saturated heterocycles. The molecule has 3 atom stereocenters. The second-order valence-corrected chi connectivity index (χ2v) is 15.9. The summed E-state index contributed by atoms with van der Waals surface area (Å²) in [5.74, 6) is 0.249. The van der Waals surface area contributed by atoms with Crippen molar-refractivity contribution in [2.24, 2.45) is 40.2 Å². The van der Waals surface area contributed by atoms with Crippen LogP contribution in [0.1, 0.15) is 104 Å². The average Bonchev–Trinajstić information content (AvgIpc) is 3.50. The third-order valence-corrected chi connectivity index (χ3v) is 11.6. The molecule has 2 aliphatic carbocycles. The zero-order valence-corrected chi connectivity index (χ0v) is 29.5. The van der Waals surface area contributed by atoms with Gasteiger partial charge in [-0.15, -0.1) is 0 Å². The summed E-state index contributed by atoms with van der Waals surface area (Å²) in [6.07, 6.45) is 13.8. The first-order valence-electron chi connectivity index (χ1n) is 18.3. The number of nitrogens with two attached hydrogens (primary N) is 1. The summed E-state index contributed by atoms with van der Waals surface area (Å²) in [6.45, 7) is 10.9. The van der Waals surface area contributed by atoms with E-state index < -0.39 is 17.2 Å². The van der Waals surface area contributed by atoms with Crippen LogP contribution in [-0.2, 0) is 24.0 Å². The highest BCUT2D eigenvalue weighted by Crippen LogP contribution is 2.54. The maximum absolute atomic E-state index is 13.0. The molecule has 266 valence electrons.